The smallest absolute Gasteiger partial charge is 0.159 e. The van der Waals surface area contributed by atoms with Crippen LogP contribution in [0.3, 0.4) is 0 Å². The van der Waals surface area contributed by atoms with E-state index in [9.17, 15) is 5.11 Å². The number of aromatic nitrogens is 2. The first-order chi connectivity index (χ1) is 9.26. The van der Waals surface area contributed by atoms with Gasteiger partial charge in [-0.05, 0) is 44.7 Å². The van der Waals surface area contributed by atoms with Crippen LogP contribution in [0.1, 0.15) is 37.9 Å². The van der Waals surface area contributed by atoms with Crippen molar-refractivity contribution in [1.82, 2.24) is 20.6 Å². The third-order valence-electron chi connectivity index (χ3n) is 4.33. The second kappa shape index (κ2) is 5.53. The number of hydrogen-bond donors (Lipinski definition) is 3. The molecule has 5 nitrogen and oxygen atoms in total. The lowest BCUT2D eigenvalue weighted by Gasteiger charge is -2.36. The number of nitrogens with zero attached hydrogens (tertiary/aromatic N) is 2. The van der Waals surface area contributed by atoms with E-state index in [-0.39, 0.29) is 0 Å². The molecule has 0 radical (unpaired) electrons. The van der Waals surface area contributed by atoms with Crippen LogP contribution in [0.2, 0.25) is 0 Å². The molecule has 1 aromatic heterocycles. The molecule has 1 aliphatic heterocycles. The number of rotatable bonds is 3. The number of nitrogens with one attached hydrogen (secondary N) is 2. The van der Waals surface area contributed by atoms with Crippen molar-refractivity contribution in [2.75, 3.05) is 13.1 Å². The molecule has 0 amide bonds. The van der Waals surface area contributed by atoms with Crippen LogP contribution >= 0.6 is 0 Å². The van der Waals surface area contributed by atoms with Gasteiger partial charge in [0.1, 0.15) is 5.60 Å². The van der Waals surface area contributed by atoms with E-state index in [0.29, 0.717) is 17.9 Å². The topological polar surface area (TPSA) is 70.1 Å². The van der Waals surface area contributed by atoms with Gasteiger partial charge in [0.2, 0.25) is 0 Å². The lowest BCUT2D eigenvalue weighted by atomic mass is 9.81. The van der Waals surface area contributed by atoms with Gasteiger partial charge in [-0.1, -0.05) is 0 Å². The molecule has 0 unspecified atom stereocenters. The maximum atomic E-state index is 10.7. The molecule has 5 heteroatoms. The lowest BCUT2D eigenvalue weighted by molar-refractivity contribution is -0.0171. The third-order valence-corrected chi connectivity index (χ3v) is 4.33. The molecule has 1 atom stereocenters. The van der Waals surface area contributed by atoms with E-state index in [1.807, 2.05) is 0 Å². The minimum absolute atomic E-state index is 0.522. The fourth-order valence-electron chi connectivity index (χ4n) is 3.16. The van der Waals surface area contributed by atoms with Crippen LogP contribution in [-0.4, -0.2) is 40.2 Å². The predicted octanol–water partition coefficient (Wildman–Crippen LogP) is 0.558. The zero-order valence-electron chi connectivity index (χ0n) is 11.2. The monoisotopic (exact) mass is 262 g/mol. The average molecular weight is 262 g/mol. The summed E-state index contributed by atoms with van der Waals surface area (Å²) >= 11 is 0. The molecule has 0 spiro atoms. The van der Waals surface area contributed by atoms with Gasteiger partial charge in [0.25, 0.3) is 0 Å². The Morgan fingerprint density at radius 3 is 2.53 bits per heavy atom. The van der Waals surface area contributed by atoms with Crippen molar-refractivity contribution >= 4 is 0 Å². The summed E-state index contributed by atoms with van der Waals surface area (Å²) in [7, 11) is 0. The fraction of sp³-hybridized carbons (Fsp3) is 0.714. The van der Waals surface area contributed by atoms with Crippen molar-refractivity contribution in [2.24, 2.45) is 0 Å². The highest BCUT2D eigenvalue weighted by Gasteiger charge is 2.37. The van der Waals surface area contributed by atoms with Gasteiger partial charge < -0.3 is 15.7 Å². The van der Waals surface area contributed by atoms with E-state index >= 15 is 0 Å². The Morgan fingerprint density at radius 1 is 1.16 bits per heavy atom. The first kappa shape index (κ1) is 13.0. The maximum absolute atomic E-state index is 10.7. The molecule has 1 aromatic rings. The Labute approximate surface area is 113 Å². The summed E-state index contributed by atoms with van der Waals surface area (Å²) in [5, 5.41) is 17.7. The minimum atomic E-state index is -0.826. The largest absolute Gasteiger partial charge is 0.382 e. The second-order valence-corrected chi connectivity index (χ2v) is 5.73. The van der Waals surface area contributed by atoms with Gasteiger partial charge in [-0.3, -0.25) is 0 Å². The molecule has 2 aliphatic rings. The molecule has 1 saturated heterocycles. The highest BCUT2D eigenvalue weighted by atomic mass is 16.3. The molecule has 19 heavy (non-hydrogen) atoms. The predicted molar refractivity (Wildman–Crippen MR) is 72.6 cm³/mol. The van der Waals surface area contributed by atoms with E-state index in [0.717, 1.165) is 38.8 Å². The van der Waals surface area contributed by atoms with Gasteiger partial charge in [0.05, 0.1) is 0 Å². The highest BCUT2D eigenvalue weighted by molar-refractivity contribution is 5.04. The molecule has 3 N–H and O–H groups in total. The zero-order chi connectivity index (χ0) is 13.1. The molecule has 0 bridgehead atoms. The van der Waals surface area contributed by atoms with Crippen molar-refractivity contribution in [3.63, 3.8) is 0 Å². The number of aliphatic hydroxyl groups is 1. The Balaban J connectivity index is 1.56. The number of hydrogen-bond acceptors (Lipinski definition) is 5. The average Bonchev–Trinajstić information content (AvgIpc) is 2.96. The van der Waals surface area contributed by atoms with Crippen LogP contribution < -0.4 is 10.6 Å². The fourth-order valence-corrected chi connectivity index (χ4v) is 3.16. The van der Waals surface area contributed by atoms with Gasteiger partial charge in [0, 0.05) is 31.0 Å². The van der Waals surface area contributed by atoms with Crippen molar-refractivity contribution < 1.29 is 5.11 Å². The standard InChI is InChI=1S/C14H22N4O/c19-14(13-16-7-1-8-17-13)5-2-11(3-6-14)18-12-4-9-15-10-12/h1,7-8,11-12,15,18-19H,2-6,9-10H2/t11?,12-,14?/m0/s1. The SMILES string of the molecule is OC1(c2ncccn2)CCC(N[C@H]2CCNC2)CC1. The maximum Gasteiger partial charge on any atom is 0.159 e. The quantitative estimate of drug-likeness (QED) is 0.742. The molecular weight excluding hydrogens is 240 g/mol. The van der Waals surface area contributed by atoms with E-state index in [1.165, 1.54) is 6.42 Å². The summed E-state index contributed by atoms with van der Waals surface area (Å²) in [5.74, 6) is 0.580. The molecule has 3 rings (SSSR count). The van der Waals surface area contributed by atoms with Crippen molar-refractivity contribution in [3.05, 3.63) is 24.3 Å². The molecule has 0 aromatic carbocycles. The van der Waals surface area contributed by atoms with Crippen LogP contribution in [0.4, 0.5) is 0 Å². The summed E-state index contributed by atoms with van der Waals surface area (Å²) in [6.45, 7) is 2.19. The van der Waals surface area contributed by atoms with Crippen molar-refractivity contribution in [1.29, 1.82) is 0 Å². The first-order valence-corrected chi connectivity index (χ1v) is 7.23. The van der Waals surface area contributed by atoms with Crippen LogP contribution in [0.5, 0.6) is 0 Å². The Bertz CT molecular complexity index is 397. The van der Waals surface area contributed by atoms with Gasteiger partial charge in [-0.15, -0.1) is 0 Å². The van der Waals surface area contributed by atoms with Crippen LogP contribution in [0, 0.1) is 0 Å². The summed E-state index contributed by atoms with van der Waals surface area (Å²) in [5.41, 5.74) is -0.826. The van der Waals surface area contributed by atoms with E-state index in [1.54, 1.807) is 18.5 Å². The Kier molecular flexibility index (Phi) is 3.77. The lowest BCUT2D eigenvalue weighted by Crippen LogP contribution is -2.45. The third kappa shape index (κ3) is 2.94. The molecule has 104 valence electrons. The van der Waals surface area contributed by atoms with E-state index in [2.05, 4.69) is 20.6 Å². The van der Waals surface area contributed by atoms with Gasteiger partial charge in [-0.25, -0.2) is 9.97 Å². The first-order valence-electron chi connectivity index (χ1n) is 7.23. The zero-order valence-corrected chi connectivity index (χ0v) is 11.2. The molecule has 1 aliphatic carbocycles. The summed E-state index contributed by atoms with van der Waals surface area (Å²) in [6.07, 6.45) is 8.09. The molecular formula is C14H22N4O. The van der Waals surface area contributed by atoms with Gasteiger partial charge in [-0.2, -0.15) is 0 Å². The van der Waals surface area contributed by atoms with E-state index < -0.39 is 5.60 Å². The summed E-state index contributed by atoms with van der Waals surface area (Å²) < 4.78 is 0. The van der Waals surface area contributed by atoms with Crippen LogP contribution in [-0.2, 0) is 5.60 Å². The summed E-state index contributed by atoms with van der Waals surface area (Å²) in [4.78, 5) is 8.42. The normalized spacial score (nSPS) is 35.4. The Hall–Kier alpha value is -1.04. The van der Waals surface area contributed by atoms with Crippen molar-refractivity contribution in [3.8, 4) is 0 Å². The molecule has 2 heterocycles. The molecule has 2 fully saturated rings. The van der Waals surface area contributed by atoms with Gasteiger partial charge >= 0.3 is 0 Å². The molecule has 1 saturated carbocycles. The van der Waals surface area contributed by atoms with Crippen LogP contribution in [0.25, 0.3) is 0 Å². The minimum Gasteiger partial charge on any atom is -0.382 e. The summed E-state index contributed by atoms with van der Waals surface area (Å²) in [6, 6.07) is 2.91. The van der Waals surface area contributed by atoms with E-state index in [4.69, 9.17) is 0 Å². The highest BCUT2D eigenvalue weighted by Crippen LogP contribution is 2.35. The van der Waals surface area contributed by atoms with Gasteiger partial charge in [0.15, 0.2) is 5.82 Å². The Morgan fingerprint density at radius 2 is 1.89 bits per heavy atom. The van der Waals surface area contributed by atoms with Crippen molar-refractivity contribution in [2.45, 2.75) is 49.8 Å². The second-order valence-electron chi connectivity index (χ2n) is 5.73. The van der Waals surface area contributed by atoms with Crippen LogP contribution in [0.15, 0.2) is 18.5 Å².